The van der Waals surface area contributed by atoms with Gasteiger partial charge in [-0.2, -0.15) is 0 Å². The number of nitrogens with zero attached hydrogens (tertiary/aromatic N) is 2. The van der Waals surface area contributed by atoms with E-state index < -0.39 is 0 Å². The van der Waals surface area contributed by atoms with E-state index >= 15 is 0 Å². The molecule has 2 aliphatic rings. The molecule has 1 aromatic rings. The topological polar surface area (TPSA) is 36.9 Å². The summed E-state index contributed by atoms with van der Waals surface area (Å²) in [5, 5.41) is 3.36. The van der Waals surface area contributed by atoms with Crippen molar-refractivity contribution in [1.29, 1.82) is 0 Å². The first-order valence-corrected chi connectivity index (χ1v) is 7.51. The van der Waals surface area contributed by atoms with Crippen LogP contribution in [0.15, 0.2) is 29.3 Å². The summed E-state index contributed by atoms with van der Waals surface area (Å²) >= 11 is 0. The van der Waals surface area contributed by atoms with E-state index in [-0.39, 0.29) is 6.04 Å². The van der Waals surface area contributed by atoms with Gasteiger partial charge in [-0.15, -0.1) is 6.42 Å². The van der Waals surface area contributed by atoms with Crippen LogP contribution in [0.25, 0.3) is 0 Å². The van der Waals surface area contributed by atoms with E-state index in [0.717, 1.165) is 32.0 Å². The maximum atomic E-state index is 5.50. The third kappa shape index (κ3) is 2.88. The fourth-order valence-corrected chi connectivity index (χ4v) is 2.89. The summed E-state index contributed by atoms with van der Waals surface area (Å²) < 4.78 is 5.50. The second kappa shape index (κ2) is 6.19. The highest BCUT2D eigenvalue weighted by Gasteiger charge is 2.29. The summed E-state index contributed by atoms with van der Waals surface area (Å²) in [4.78, 5) is 7.03. The van der Waals surface area contributed by atoms with E-state index in [0.29, 0.717) is 12.6 Å². The van der Waals surface area contributed by atoms with Crippen LogP contribution in [0.3, 0.4) is 0 Å². The van der Waals surface area contributed by atoms with Crippen LogP contribution in [0.2, 0.25) is 0 Å². The number of hydrogen-bond acceptors (Lipinski definition) is 4. The lowest BCUT2D eigenvalue weighted by Crippen LogP contribution is -2.52. The Balaban J connectivity index is 1.92. The van der Waals surface area contributed by atoms with Crippen LogP contribution in [0.5, 0.6) is 0 Å². The van der Waals surface area contributed by atoms with Crippen molar-refractivity contribution in [2.24, 2.45) is 4.99 Å². The Hall–Kier alpha value is -1.99. The van der Waals surface area contributed by atoms with Crippen LogP contribution in [0.1, 0.15) is 25.3 Å². The summed E-state index contributed by atoms with van der Waals surface area (Å²) in [5.74, 6) is 3.61. The number of terminal acetylenes is 1. The van der Waals surface area contributed by atoms with E-state index in [1.165, 1.54) is 11.3 Å². The maximum absolute atomic E-state index is 5.50. The second-order valence-electron chi connectivity index (χ2n) is 5.51. The van der Waals surface area contributed by atoms with E-state index in [2.05, 4.69) is 40.4 Å². The molecule has 1 saturated heterocycles. The van der Waals surface area contributed by atoms with Crippen molar-refractivity contribution in [2.45, 2.75) is 38.4 Å². The van der Waals surface area contributed by atoms with E-state index in [4.69, 9.17) is 16.2 Å². The third-order valence-corrected chi connectivity index (χ3v) is 4.03. The largest absolute Gasteiger partial charge is 0.381 e. The molecule has 2 aliphatic heterocycles. The van der Waals surface area contributed by atoms with Crippen LogP contribution in [0, 0.1) is 12.3 Å². The number of fused-ring (bicyclic) bond motifs is 1. The third-order valence-electron chi connectivity index (χ3n) is 4.03. The van der Waals surface area contributed by atoms with Crippen molar-refractivity contribution in [3.05, 3.63) is 29.8 Å². The van der Waals surface area contributed by atoms with Crippen molar-refractivity contribution >= 4 is 11.6 Å². The van der Waals surface area contributed by atoms with Crippen molar-refractivity contribution in [2.75, 3.05) is 18.1 Å². The minimum absolute atomic E-state index is 0.0312. The normalized spacial score (nSPS) is 20.2. The molecular weight excluding hydrogens is 262 g/mol. The van der Waals surface area contributed by atoms with E-state index in [1.54, 1.807) is 0 Å². The van der Waals surface area contributed by atoms with Gasteiger partial charge >= 0.3 is 0 Å². The Bertz CT molecular complexity index is 570. The van der Waals surface area contributed by atoms with Gasteiger partial charge < -0.3 is 15.0 Å². The first-order valence-electron chi connectivity index (χ1n) is 7.51. The fourth-order valence-electron chi connectivity index (χ4n) is 2.89. The van der Waals surface area contributed by atoms with Gasteiger partial charge in [0.05, 0.1) is 12.6 Å². The molecular formula is C17H21N3O. The molecule has 0 aliphatic carbocycles. The Kier molecular flexibility index (Phi) is 4.12. The number of hydrogen-bond donors (Lipinski definition) is 1. The predicted octanol–water partition coefficient (Wildman–Crippen LogP) is 2.15. The van der Waals surface area contributed by atoms with Gasteiger partial charge in [-0.3, -0.25) is 0 Å². The Morgan fingerprint density at radius 3 is 2.90 bits per heavy atom. The van der Waals surface area contributed by atoms with Crippen molar-refractivity contribution in [3.8, 4) is 12.3 Å². The van der Waals surface area contributed by atoms with Crippen molar-refractivity contribution < 1.29 is 4.74 Å². The van der Waals surface area contributed by atoms with Gasteiger partial charge in [-0.25, -0.2) is 4.99 Å². The lowest BCUT2D eigenvalue weighted by molar-refractivity contribution is 0.0868. The molecule has 4 heteroatoms. The Labute approximate surface area is 126 Å². The van der Waals surface area contributed by atoms with Gasteiger partial charge in [0.1, 0.15) is 0 Å². The summed E-state index contributed by atoms with van der Waals surface area (Å²) in [6.45, 7) is 4.29. The number of rotatable bonds is 2. The Morgan fingerprint density at radius 2 is 2.14 bits per heavy atom. The van der Waals surface area contributed by atoms with Crippen LogP contribution in [0.4, 0.5) is 5.69 Å². The highest BCUT2D eigenvalue weighted by Crippen LogP contribution is 2.30. The van der Waals surface area contributed by atoms with Crippen LogP contribution >= 0.6 is 0 Å². The molecule has 0 amide bonds. The summed E-state index contributed by atoms with van der Waals surface area (Å²) in [6.07, 6.45) is 7.53. The molecule has 0 spiro atoms. The van der Waals surface area contributed by atoms with E-state index in [9.17, 15) is 0 Å². The number of guanidine groups is 1. The molecule has 1 unspecified atom stereocenters. The number of para-hydroxylation sites is 1. The molecule has 0 radical (unpaired) electrons. The van der Waals surface area contributed by atoms with Gasteiger partial charge in [0.25, 0.3) is 0 Å². The van der Waals surface area contributed by atoms with Gasteiger partial charge in [0.15, 0.2) is 5.96 Å². The molecule has 0 aromatic heterocycles. The predicted molar refractivity (Wildman–Crippen MR) is 85.3 cm³/mol. The summed E-state index contributed by atoms with van der Waals surface area (Å²) in [6, 6.07) is 8.85. The van der Waals surface area contributed by atoms with Gasteiger partial charge in [-0.05, 0) is 31.4 Å². The average Bonchev–Trinajstić information content (AvgIpc) is 2.55. The summed E-state index contributed by atoms with van der Waals surface area (Å²) in [7, 11) is 0. The second-order valence-corrected chi connectivity index (χ2v) is 5.51. The molecule has 0 bridgehead atoms. The first-order chi connectivity index (χ1) is 10.3. The molecule has 0 saturated carbocycles. The zero-order valence-corrected chi connectivity index (χ0v) is 12.4. The van der Waals surface area contributed by atoms with Crippen molar-refractivity contribution in [1.82, 2.24) is 5.32 Å². The van der Waals surface area contributed by atoms with Crippen molar-refractivity contribution in [3.63, 3.8) is 0 Å². The summed E-state index contributed by atoms with van der Waals surface area (Å²) in [5.41, 5.74) is 2.51. The molecule has 21 heavy (non-hydrogen) atoms. The molecule has 1 aromatic carbocycles. The zero-order chi connectivity index (χ0) is 14.7. The monoisotopic (exact) mass is 283 g/mol. The number of aliphatic imine (C=N–C) groups is 1. The number of nitrogens with one attached hydrogen (secondary N) is 1. The first kappa shape index (κ1) is 14.0. The quantitative estimate of drug-likeness (QED) is 0.845. The number of ether oxygens (including phenoxy) is 1. The molecule has 1 fully saturated rings. The van der Waals surface area contributed by atoms with Gasteiger partial charge in [0.2, 0.25) is 0 Å². The lowest BCUT2D eigenvalue weighted by atomic mass is 10.0. The highest BCUT2D eigenvalue weighted by atomic mass is 16.5. The standard InChI is InChI=1S/C17H21N3O/c1-3-13(2)19-17-18-12-14-6-4-5-7-16(14)20(17)15-8-10-21-11-9-15/h1,4-7,13,15H,8-12H2,2H3,(H,18,19). The zero-order valence-electron chi connectivity index (χ0n) is 12.4. The SMILES string of the molecule is C#CC(C)NC1=NCc2ccccc2N1C1CCOCC1. The van der Waals surface area contributed by atoms with Gasteiger partial charge in [-0.1, -0.05) is 24.1 Å². The van der Waals surface area contributed by atoms with Crippen LogP contribution in [-0.2, 0) is 11.3 Å². The molecule has 3 rings (SSSR count). The molecule has 4 nitrogen and oxygen atoms in total. The lowest BCUT2D eigenvalue weighted by Gasteiger charge is -2.40. The smallest absolute Gasteiger partial charge is 0.200 e. The molecule has 110 valence electrons. The Morgan fingerprint density at radius 1 is 1.38 bits per heavy atom. The number of benzene rings is 1. The average molecular weight is 283 g/mol. The van der Waals surface area contributed by atoms with Crippen LogP contribution < -0.4 is 10.2 Å². The molecule has 2 heterocycles. The highest BCUT2D eigenvalue weighted by molar-refractivity contribution is 5.99. The maximum Gasteiger partial charge on any atom is 0.200 e. The van der Waals surface area contributed by atoms with Crippen LogP contribution in [-0.4, -0.2) is 31.3 Å². The molecule has 1 atom stereocenters. The minimum Gasteiger partial charge on any atom is -0.381 e. The van der Waals surface area contributed by atoms with Gasteiger partial charge in [0, 0.05) is 24.9 Å². The fraction of sp³-hybridized carbons (Fsp3) is 0.471. The minimum atomic E-state index is -0.0312. The number of anilines is 1. The molecule has 1 N–H and O–H groups in total. The van der Waals surface area contributed by atoms with E-state index in [1.807, 2.05) is 6.92 Å².